The van der Waals surface area contributed by atoms with E-state index in [1.807, 2.05) is 33.8 Å². The van der Waals surface area contributed by atoms with Crippen LogP contribution in [0.2, 0.25) is 0 Å². The number of nitriles is 1. The molecule has 2 heteroatoms. The first-order chi connectivity index (χ1) is 5.40. The molecule has 0 saturated carbocycles. The number of carbonyl (C=O) groups excluding carboxylic acids is 1. The van der Waals surface area contributed by atoms with E-state index in [0.29, 0.717) is 12.8 Å². The molecule has 68 valence electrons. The molecule has 0 saturated heterocycles. The van der Waals surface area contributed by atoms with Gasteiger partial charge < -0.3 is 0 Å². The van der Waals surface area contributed by atoms with Crippen molar-refractivity contribution in [2.24, 2.45) is 11.3 Å². The first-order valence-corrected chi connectivity index (χ1v) is 4.33. The first-order valence-electron chi connectivity index (χ1n) is 4.33. The van der Waals surface area contributed by atoms with E-state index < -0.39 is 5.92 Å². The number of hydrogen-bond acceptors (Lipinski definition) is 2. The molecule has 0 aliphatic carbocycles. The number of ketones is 1. The van der Waals surface area contributed by atoms with Crippen molar-refractivity contribution in [2.75, 3.05) is 0 Å². The summed E-state index contributed by atoms with van der Waals surface area (Å²) in [6, 6.07) is 2.02. The third-order valence-corrected chi connectivity index (χ3v) is 1.66. The van der Waals surface area contributed by atoms with Crippen LogP contribution >= 0.6 is 0 Å². The van der Waals surface area contributed by atoms with Gasteiger partial charge in [0.2, 0.25) is 0 Å². The van der Waals surface area contributed by atoms with E-state index in [-0.39, 0.29) is 11.2 Å². The summed E-state index contributed by atoms with van der Waals surface area (Å²) in [6.45, 7) is 7.90. The highest BCUT2D eigenvalue weighted by Gasteiger charge is 2.21. The van der Waals surface area contributed by atoms with Crippen LogP contribution in [0.3, 0.4) is 0 Å². The predicted molar refractivity (Wildman–Crippen MR) is 48.5 cm³/mol. The summed E-state index contributed by atoms with van der Waals surface area (Å²) in [7, 11) is 0. The number of hydrogen-bond donors (Lipinski definition) is 0. The molecule has 0 aromatic rings. The van der Waals surface area contributed by atoms with Crippen LogP contribution in [0.5, 0.6) is 0 Å². The minimum atomic E-state index is -0.399. The maximum absolute atomic E-state index is 11.4. The van der Waals surface area contributed by atoms with E-state index in [2.05, 4.69) is 0 Å². The highest BCUT2D eigenvalue weighted by molar-refractivity contribution is 5.83. The number of Topliss-reactive ketones (excluding diaryl/α,β-unsaturated/α-hetero) is 1. The second kappa shape index (κ2) is 4.25. The first kappa shape index (κ1) is 11.2. The summed E-state index contributed by atoms with van der Waals surface area (Å²) in [6.07, 6.45) is 1.13. The number of nitrogens with zero attached hydrogens (tertiary/aromatic N) is 1. The lowest BCUT2D eigenvalue weighted by Gasteiger charge is -2.17. The Bertz CT molecular complexity index is 195. The van der Waals surface area contributed by atoms with E-state index in [1.54, 1.807) is 0 Å². The molecular formula is C10H17NO. The van der Waals surface area contributed by atoms with Crippen molar-refractivity contribution < 1.29 is 4.79 Å². The standard InChI is InChI=1S/C10H17NO/c1-5-8(7-11)9(12)6-10(2,3)4/h8H,5-6H2,1-4H3. The molecule has 0 fully saturated rings. The lowest BCUT2D eigenvalue weighted by molar-refractivity contribution is -0.123. The largest absolute Gasteiger partial charge is 0.298 e. The number of carbonyl (C=O) groups is 1. The van der Waals surface area contributed by atoms with E-state index in [0.717, 1.165) is 0 Å². The maximum atomic E-state index is 11.4. The van der Waals surface area contributed by atoms with Crippen molar-refractivity contribution in [1.29, 1.82) is 5.26 Å². The Morgan fingerprint density at radius 2 is 2.00 bits per heavy atom. The lowest BCUT2D eigenvalue weighted by atomic mass is 9.85. The summed E-state index contributed by atoms with van der Waals surface area (Å²) in [5.41, 5.74) is 0.00134. The SMILES string of the molecule is CCC(C#N)C(=O)CC(C)(C)C. The highest BCUT2D eigenvalue weighted by Crippen LogP contribution is 2.21. The molecule has 0 rings (SSSR count). The molecule has 0 heterocycles. The molecule has 0 bridgehead atoms. The zero-order valence-electron chi connectivity index (χ0n) is 8.35. The summed E-state index contributed by atoms with van der Waals surface area (Å²) in [5.74, 6) is -0.322. The third kappa shape index (κ3) is 4.12. The average molecular weight is 167 g/mol. The van der Waals surface area contributed by atoms with Crippen LogP contribution in [-0.2, 0) is 4.79 Å². The van der Waals surface area contributed by atoms with Gasteiger partial charge in [-0.2, -0.15) is 5.26 Å². The van der Waals surface area contributed by atoms with Gasteiger partial charge in [0, 0.05) is 6.42 Å². The molecule has 0 aliphatic heterocycles. The van der Waals surface area contributed by atoms with Crippen molar-refractivity contribution in [3.8, 4) is 6.07 Å². The van der Waals surface area contributed by atoms with Gasteiger partial charge in [0.1, 0.15) is 5.92 Å². The van der Waals surface area contributed by atoms with E-state index in [9.17, 15) is 4.79 Å². The monoisotopic (exact) mass is 167 g/mol. The Balaban J connectivity index is 4.14. The molecule has 0 N–H and O–H groups in total. The molecule has 0 amide bonds. The van der Waals surface area contributed by atoms with Crippen molar-refractivity contribution in [3.05, 3.63) is 0 Å². The molecular weight excluding hydrogens is 150 g/mol. The molecule has 1 atom stereocenters. The van der Waals surface area contributed by atoms with Crippen molar-refractivity contribution >= 4 is 5.78 Å². The third-order valence-electron chi connectivity index (χ3n) is 1.66. The molecule has 12 heavy (non-hydrogen) atoms. The van der Waals surface area contributed by atoms with Gasteiger partial charge in [-0.25, -0.2) is 0 Å². The smallest absolute Gasteiger partial charge is 0.150 e. The molecule has 0 aliphatic rings. The summed E-state index contributed by atoms with van der Waals surface area (Å²) in [5, 5.41) is 8.62. The zero-order valence-corrected chi connectivity index (χ0v) is 8.35. The molecule has 2 nitrogen and oxygen atoms in total. The molecule has 0 spiro atoms. The highest BCUT2D eigenvalue weighted by atomic mass is 16.1. The van der Waals surface area contributed by atoms with Crippen LogP contribution in [0.25, 0.3) is 0 Å². The van der Waals surface area contributed by atoms with Crippen LogP contribution in [0, 0.1) is 22.7 Å². The fourth-order valence-electron chi connectivity index (χ4n) is 1.04. The van der Waals surface area contributed by atoms with Crippen LogP contribution in [0.15, 0.2) is 0 Å². The van der Waals surface area contributed by atoms with Gasteiger partial charge in [-0.15, -0.1) is 0 Å². The quantitative estimate of drug-likeness (QED) is 0.648. The lowest BCUT2D eigenvalue weighted by Crippen LogP contribution is -2.19. The fourth-order valence-corrected chi connectivity index (χ4v) is 1.04. The minimum absolute atomic E-state index is 0.00134. The fraction of sp³-hybridized carbons (Fsp3) is 0.800. The van der Waals surface area contributed by atoms with Crippen molar-refractivity contribution in [3.63, 3.8) is 0 Å². The Hall–Kier alpha value is -0.840. The van der Waals surface area contributed by atoms with Gasteiger partial charge >= 0.3 is 0 Å². The van der Waals surface area contributed by atoms with Crippen molar-refractivity contribution in [2.45, 2.75) is 40.5 Å². The maximum Gasteiger partial charge on any atom is 0.150 e. The summed E-state index contributed by atoms with van der Waals surface area (Å²) < 4.78 is 0. The average Bonchev–Trinajstić information content (AvgIpc) is 1.85. The van der Waals surface area contributed by atoms with Crippen LogP contribution in [0.1, 0.15) is 40.5 Å². The van der Waals surface area contributed by atoms with Gasteiger partial charge in [0.15, 0.2) is 5.78 Å². The van der Waals surface area contributed by atoms with Gasteiger partial charge in [0.05, 0.1) is 6.07 Å². The molecule has 1 unspecified atom stereocenters. The molecule has 0 aromatic heterocycles. The van der Waals surface area contributed by atoms with Crippen molar-refractivity contribution in [1.82, 2.24) is 0 Å². The zero-order chi connectivity index (χ0) is 9.78. The Kier molecular flexibility index (Phi) is 3.95. The second-order valence-corrected chi connectivity index (χ2v) is 4.29. The van der Waals surface area contributed by atoms with Gasteiger partial charge in [-0.3, -0.25) is 4.79 Å². The summed E-state index contributed by atoms with van der Waals surface area (Å²) >= 11 is 0. The van der Waals surface area contributed by atoms with E-state index >= 15 is 0 Å². The Morgan fingerprint density at radius 3 is 2.25 bits per heavy atom. The second-order valence-electron chi connectivity index (χ2n) is 4.29. The van der Waals surface area contributed by atoms with Crippen LogP contribution in [0.4, 0.5) is 0 Å². The van der Waals surface area contributed by atoms with E-state index in [1.165, 1.54) is 0 Å². The predicted octanol–water partition coefficient (Wildman–Crippen LogP) is 2.54. The minimum Gasteiger partial charge on any atom is -0.298 e. The normalized spacial score (nSPS) is 13.6. The summed E-state index contributed by atoms with van der Waals surface area (Å²) in [4.78, 5) is 11.4. The topological polar surface area (TPSA) is 40.9 Å². The van der Waals surface area contributed by atoms with Gasteiger partial charge in [0.25, 0.3) is 0 Å². The van der Waals surface area contributed by atoms with Gasteiger partial charge in [-0.05, 0) is 11.8 Å². The Labute approximate surface area is 74.6 Å². The van der Waals surface area contributed by atoms with E-state index in [4.69, 9.17) is 5.26 Å². The number of rotatable bonds is 3. The van der Waals surface area contributed by atoms with Crippen LogP contribution < -0.4 is 0 Å². The van der Waals surface area contributed by atoms with Gasteiger partial charge in [-0.1, -0.05) is 27.7 Å². The van der Waals surface area contributed by atoms with Crippen LogP contribution in [-0.4, -0.2) is 5.78 Å². The molecule has 0 radical (unpaired) electrons. The Morgan fingerprint density at radius 1 is 1.50 bits per heavy atom. The molecule has 0 aromatic carbocycles.